The lowest BCUT2D eigenvalue weighted by Crippen LogP contribution is -2.45. The molecule has 18 heavy (non-hydrogen) atoms. The van der Waals surface area contributed by atoms with Crippen molar-refractivity contribution in [2.75, 3.05) is 25.0 Å². The van der Waals surface area contributed by atoms with Crippen molar-refractivity contribution in [1.82, 2.24) is 4.90 Å². The maximum absolute atomic E-state index is 11.9. The smallest absolute Gasteiger partial charge is 0.238 e. The number of hydrogen-bond donors (Lipinski definition) is 2. The van der Waals surface area contributed by atoms with Crippen LogP contribution < -0.4 is 11.1 Å². The van der Waals surface area contributed by atoms with Crippen molar-refractivity contribution in [3.63, 3.8) is 0 Å². The van der Waals surface area contributed by atoms with Crippen molar-refractivity contribution in [3.05, 3.63) is 29.3 Å². The van der Waals surface area contributed by atoms with E-state index >= 15 is 0 Å². The topological polar surface area (TPSA) is 58.4 Å². The molecule has 5 heteroatoms. The normalized spacial score (nSPS) is 20.7. The lowest BCUT2D eigenvalue weighted by atomic mass is 10.1. The number of benzene rings is 1. The monoisotopic (exact) mass is 267 g/mol. The van der Waals surface area contributed by atoms with E-state index in [0.29, 0.717) is 17.3 Å². The Kier molecular flexibility index (Phi) is 4.58. The Morgan fingerprint density at radius 3 is 3.00 bits per heavy atom. The van der Waals surface area contributed by atoms with Gasteiger partial charge in [-0.1, -0.05) is 23.7 Å². The number of rotatable bonds is 3. The van der Waals surface area contributed by atoms with Gasteiger partial charge in [0.05, 0.1) is 17.3 Å². The predicted molar refractivity (Wildman–Crippen MR) is 73.7 cm³/mol. The van der Waals surface area contributed by atoms with E-state index in [-0.39, 0.29) is 11.9 Å². The number of carbonyl (C=O) groups excluding carboxylic acids is 1. The molecule has 1 unspecified atom stereocenters. The summed E-state index contributed by atoms with van der Waals surface area (Å²) in [5, 5.41) is 3.38. The summed E-state index contributed by atoms with van der Waals surface area (Å²) in [5.41, 5.74) is 6.54. The Hall–Kier alpha value is -1.10. The van der Waals surface area contributed by atoms with Crippen molar-refractivity contribution >= 4 is 23.2 Å². The molecule has 1 aromatic rings. The van der Waals surface area contributed by atoms with Crippen molar-refractivity contribution in [1.29, 1.82) is 0 Å². The number of para-hydroxylation sites is 1. The molecule has 0 bridgehead atoms. The largest absolute Gasteiger partial charge is 0.327 e. The predicted octanol–water partition coefficient (Wildman–Crippen LogP) is 1.70. The molecule has 0 spiro atoms. The third kappa shape index (κ3) is 3.70. The number of likely N-dealkylation sites (tertiary alicyclic amines) is 1. The molecule has 0 aliphatic carbocycles. The summed E-state index contributed by atoms with van der Waals surface area (Å²) >= 11 is 5.99. The van der Waals surface area contributed by atoms with E-state index in [2.05, 4.69) is 10.2 Å². The molecule has 1 fully saturated rings. The highest BCUT2D eigenvalue weighted by Crippen LogP contribution is 2.20. The lowest BCUT2D eigenvalue weighted by molar-refractivity contribution is -0.117. The Labute approximate surface area is 112 Å². The Morgan fingerprint density at radius 2 is 2.28 bits per heavy atom. The fraction of sp³-hybridized carbons (Fsp3) is 0.462. The number of nitrogens with zero attached hydrogens (tertiary/aromatic N) is 1. The maximum atomic E-state index is 11.9. The van der Waals surface area contributed by atoms with E-state index in [0.717, 1.165) is 25.9 Å². The first-order valence-electron chi connectivity index (χ1n) is 6.17. The van der Waals surface area contributed by atoms with E-state index in [4.69, 9.17) is 17.3 Å². The number of piperidine rings is 1. The molecule has 0 aromatic heterocycles. The Morgan fingerprint density at radius 1 is 1.50 bits per heavy atom. The minimum atomic E-state index is -0.0443. The van der Waals surface area contributed by atoms with Crippen molar-refractivity contribution in [2.45, 2.75) is 18.9 Å². The van der Waals surface area contributed by atoms with Crippen LogP contribution in [-0.4, -0.2) is 36.5 Å². The summed E-state index contributed by atoms with van der Waals surface area (Å²) in [6, 6.07) is 7.42. The molecular weight excluding hydrogens is 250 g/mol. The highest BCUT2D eigenvalue weighted by molar-refractivity contribution is 6.33. The second kappa shape index (κ2) is 6.18. The number of hydrogen-bond acceptors (Lipinski definition) is 3. The zero-order valence-electron chi connectivity index (χ0n) is 10.2. The van der Waals surface area contributed by atoms with Crippen molar-refractivity contribution in [3.8, 4) is 0 Å². The number of halogens is 1. The van der Waals surface area contributed by atoms with Gasteiger partial charge >= 0.3 is 0 Å². The molecule has 3 N–H and O–H groups in total. The van der Waals surface area contributed by atoms with E-state index < -0.39 is 0 Å². The minimum Gasteiger partial charge on any atom is -0.327 e. The highest BCUT2D eigenvalue weighted by Gasteiger charge is 2.18. The van der Waals surface area contributed by atoms with Gasteiger partial charge in [0.15, 0.2) is 0 Å². The molecule has 1 heterocycles. The van der Waals surface area contributed by atoms with Gasteiger partial charge in [-0.2, -0.15) is 0 Å². The van der Waals surface area contributed by atoms with E-state index in [1.807, 2.05) is 12.1 Å². The first-order valence-corrected chi connectivity index (χ1v) is 6.55. The number of amides is 1. The van der Waals surface area contributed by atoms with Crippen LogP contribution >= 0.6 is 11.6 Å². The zero-order chi connectivity index (χ0) is 13.0. The highest BCUT2D eigenvalue weighted by atomic mass is 35.5. The van der Waals surface area contributed by atoms with Crippen molar-refractivity contribution in [2.24, 2.45) is 5.73 Å². The summed E-state index contributed by atoms with van der Waals surface area (Å²) < 4.78 is 0. The number of nitrogens with two attached hydrogens (primary N) is 1. The maximum Gasteiger partial charge on any atom is 0.238 e. The third-order valence-electron chi connectivity index (χ3n) is 3.06. The van der Waals surface area contributed by atoms with Crippen molar-refractivity contribution < 1.29 is 4.79 Å². The van der Waals surface area contributed by atoms with Gasteiger partial charge in [0.1, 0.15) is 0 Å². The average molecular weight is 268 g/mol. The van der Waals surface area contributed by atoms with Gasteiger partial charge in [-0.15, -0.1) is 0 Å². The quantitative estimate of drug-likeness (QED) is 0.876. The first-order chi connectivity index (χ1) is 8.65. The van der Waals surface area contributed by atoms with Gasteiger partial charge in [0, 0.05) is 12.6 Å². The van der Waals surface area contributed by atoms with Crippen LogP contribution in [0.1, 0.15) is 12.8 Å². The number of nitrogens with one attached hydrogen (secondary N) is 1. The molecule has 1 amide bonds. The molecule has 1 aliphatic rings. The van der Waals surface area contributed by atoms with E-state index in [1.165, 1.54) is 0 Å². The Balaban J connectivity index is 1.87. The number of carbonyl (C=O) groups is 1. The third-order valence-corrected chi connectivity index (χ3v) is 3.39. The summed E-state index contributed by atoms with van der Waals surface area (Å²) in [6.45, 7) is 2.10. The van der Waals surface area contributed by atoms with Gasteiger partial charge in [-0.25, -0.2) is 0 Å². The van der Waals surface area contributed by atoms with Gasteiger partial charge in [-0.3, -0.25) is 9.69 Å². The molecule has 98 valence electrons. The Bertz CT molecular complexity index is 424. The van der Waals surface area contributed by atoms with Crippen LogP contribution in [-0.2, 0) is 4.79 Å². The van der Waals surface area contributed by atoms with Gasteiger partial charge in [0.25, 0.3) is 0 Å². The van der Waals surface area contributed by atoms with Crippen LogP contribution in [0.2, 0.25) is 5.02 Å². The van der Waals surface area contributed by atoms with Crippen LogP contribution in [0.4, 0.5) is 5.69 Å². The summed E-state index contributed by atoms with van der Waals surface area (Å²) in [5.74, 6) is -0.0443. The first kappa shape index (κ1) is 13.3. The van der Waals surface area contributed by atoms with Crippen LogP contribution in [0.5, 0.6) is 0 Å². The fourth-order valence-electron chi connectivity index (χ4n) is 2.19. The number of anilines is 1. The van der Waals surface area contributed by atoms with Gasteiger partial charge < -0.3 is 11.1 Å². The van der Waals surface area contributed by atoms with Crippen LogP contribution in [0.3, 0.4) is 0 Å². The molecule has 0 saturated carbocycles. The SMILES string of the molecule is NC1CCCN(CC(=O)Nc2ccccc2Cl)C1. The molecular formula is C13H18ClN3O. The molecule has 1 atom stereocenters. The van der Waals surface area contributed by atoms with E-state index in [1.54, 1.807) is 12.1 Å². The molecule has 0 radical (unpaired) electrons. The van der Waals surface area contributed by atoms with Gasteiger partial charge in [0.2, 0.25) is 5.91 Å². The summed E-state index contributed by atoms with van der Waals surface area (Å²) in [6.07, 6.45) is 2.10. The molecule has 1 aromatic carbocycles. The molecule has 1 saturated heterocycles. The molecule has 1 aliphatic heterocycles. The fourth-order valence-corrected chi connectivity index (χ4v) is 2.37. The standard InChI is InChI=1S/C13H18ClN3O/c14-11-5-1-2-6-12(11)16-13(18)9-17-7-3-4-10(15)8-17/h1-2,5-6,10H,3-4,7-9,15H2,(H,16,18). The van der Waals surface area contributed by atoms with Crippen LogP contribution in [0.25, 0.3) is 0 Å². The average Bonchev–Trinajstić information content (AvgIpc) is 2.32. The van der Waals surface area contributed by atoms with Crippen LogP contribution in [0.15, 0.2) is 24.3 Å². The minimum absolute atomic E-state index is 0.0443. The zero-order valence-corrected chi connectivity index (χ0v) is 11.0. The van der Waals surface area contributed by atoms with Gasteiger partial charge in [-0.05, 0) is 31.5 Å². The van der Waals surface area contributed by atoms with Crippen LogP contribution in [0, 0.1) is 0 Å². The van der Waals surface area contributed by atoms with E-state index in [9.17, 15) is 4.79 Å². The molecule has 2 rings (SSSR count). The summed E-state index contributed by atoms with van der Waals surface area (Å²) in [4.78, 5) is 14.0. The second-order valence-electron chi connectivity index (χ2n) is 4.67. The summed E-state index contributed by atoms with van der Waals surface area (Å²) in [7, 11) is 0. The lowest BCUT2D eigenvalue weighted by Gasteiger charge is -2.29. The molecule has 4 nitrogen and oxygen atoms in total. The second-order valence-corrected chi connectivity index (χ2v) is 5.07.